The lowest BCUT2D eigenvalue weighted by atomic mass is 9.93. The van der Waals surface area contributed by atoms with E-state index < -0.39 is 0 Å². The molecule has 0 unspecified atom stereocenters. The molecule has 0 N–H and O–H groups in total. The lowest BCUT2D eigenvalue weighted by molar-refractivity contribution is -0.660. The molecule has 0 bridgehead atoms. The molecule has 0 radical (unpaired) electrons. The minimum absolute atomic E-state index is 0.882. The Kier molecular flexibility index (Phi) is 3.99. The van der Waals surface area contributed by atoms with E-state index >= 15 is 0 Å². The highest BCUT2D eigenvalue weighted by Crippen LogP contribution is 2.50. The molecule has 1 aliphatic heterocycles. The van der Waals surface area contributed by atoms with E-state index in [0.717, 1.165) is 5.92 Å². The Balaban J connectivity index is 1.61. The Morgan fingerprint density at radius 2 is 1.83 bits per heavy atom. The second-order valence-electron chi connectivity index (χ2n) is 8.91. The molecular weight excluding hydrogens is 370 g/mol. The second kappa shape index (κ2) is 6.60. The summed E-state index contributed by atoms with van der Waals surface area (Å²) < 4.78 is 2.35. The Hall–Kier alpha value is -2.32. The Bertz CT molecular complexity index is 1280. The van der Waals surface area contributed by atoms with E-state index in [1.807, 2.05) is 11.8 Å². The van der Waals surface area contributed by atoms with E-state index in [9.17, 15) is 0 Å². The molecule has 144 valence electrons. The summed E-state index contributed by atoms with van der Waals surface area (Å²) in [5.74, 6) is 0.882. The maximum Gasteiger partial charge on any atom is 0.227 e. The number of aryl methyl sites for hydroxylation is 2. The predicted octanol–water partition coefficient (Wildman–Crippen LogP) is 6.99. The second-order valence-corrected chi connectivity index (χ2v) is 9.96. The number of nitrogens with zero attached hydrogens (tertiary/aromatic N) is 1. The van der Waals surface area contributed by atoms with Crippen molar-refractivity contribution in [2.45, 2.75) is 48.8 Å². The van der Waals surface area contributed by atoms with Gasteiger partial charge < -0.3 is 0 Å². The van der Waals surface area contributed by atoms with Gasteiger partial charge in [0.15, 0.2) is 6.20 Å². The highest BCUT2D eigenvalue weighted by molar-refractivity contribution is 8.00. The summed E-state index contributed by atoms with van der Waals surface area (Å²) in [4.78, 5) is 2.81. The van der Waals surface area contributed by atoms with Crippen molar-refractivity contribution in [3.63, 3.8) is 0 Å². The highest BCUT2D eigenvalue weighted by atomic mass is 32.2. The normalized spacial score (nSPS) is 15.9. The molecular formula is C27H26NS+. The van der Waals surface area contributed by atoms with E-state index in [2.05, 4.69) is 73.3 Å². The van der Waals surface area contributed by atoms with Crippen LogP contribution < -0.4 is 4.57 Å². The first-order valence-corrected chi connectivity index (χ1v) is 11.7. The molecule has 1 fully saturated rings. The molecule has 29 heavy (non-hydrogen) atoms. The Morgan fingerprint density at radius 3 is 2.69 bits per heavy atom. The summed E-state index contributed by atoms with van der Waals surface area (Å²) in [6.07, 6.45) is 9.20. The summed E-state index contributed by atoms with van der Waals surface area (Å²) in [5, 5.41) is 5.53. The molecule has 0 atom stereocenters. The zero-order valence-corrected chi connectivity index (χ0v) is 18.0. The molecule has 0 spiro atoms. The number of hydrogen-bond donors (Lipinski definition) is 0. The highest BCUT2D eigenvalue weighted by Gasteiger charge is 2.30. The summed E-state index contributed by atoms with van der Waals surface area (Å²) >= 11 is 1.96. The van der Waals surface area contributed by atoms with Crippen molar-refractivity contribution < 1.29 is 4.57 Å². The van der Waals surface area contributed by atoms with Gasteiger partial charge in [0, 0.05) is 21.1 Å². The molecule has 4 aromatic rings. The van der Waals surface area contributed by atoms with Crippen LogP contribution in [0.4, 0.5) is 0 Å². The van der Waals surface area contributed by atoms with Gasteiger partial charge in [0.1, 0.15) is 7.05 Å². The molecule has 1 saturated carbocycles. The van der Waals surface area contributed by atoms with Crippen molar-refractivity contribution in [2.75, 3.05) is 0 Å². The van der Waals surface area contributed by atoms with Crippen molar-refractivity contribution in [1.82, 2.24) is 0 Å². The third kappa shape index (κ3) is 2.73. The van der Waals surface area contributed by atoms with Crippen molar-refractivity contribution >= 4 is 33.3 Å². The molecule has 2 heteroatoms. The van der Waals surface area contributed by atoms with E-state index in [-0.39, 0.29) is 0 Å². The number of benzene rings is 3. The summed E-state index contributed by atoms with van der Waals surface area (Å²) in [6.45, 7) is 2.26. The molecule has 6 rings (SSSR count). The van der Waals surface area contributed by atoms with Crippen LogP contribution in [0.5, 0.6) is 0 Å². The average Bonchev–Trinajstić information content (AvgIpc) is 3.24. The van der Waals surface area contributed by atoms with Gasteiger partial charge in [-0.2, -0.15) is 4.57 Å². The first-order valence-electron chi connectivity index (χ1n) is 10.8. The van der Waals surface area contributed by atoms with Crippen LogP contribution in [0.3, 0.4) is 0 Å². The van der Waals surface area contributed by atoms with Crippen LogP contribution in [0.25, 0.3) is 32.8 Å². The third-order valence-electron chi connectivity index (χ3n) is 6.93. The number of pyridine rings is 1. The van der Waals surface area contributed by atoms with Crippen LogP contribution in [0, 0.1) is 12.8 Å². The standard InChI is InChI=1S/C27H26NS/c1-17-10-12-20-8-5-9-23-25(20)24(17)26-27(29-23)22-15-19(14-18-6-3-4-7-18)11-13-21(22)16-28(26)2/h5,8-13,15-16,18H,3-4,6-7,14H2,1-2H3/q+1. The summed E-state index contributed by atoms with van der Waals surface area (Å²) in [6, 6.07) is 18.5. The van der Waals surface area contributed by atoms with E-state index in [1.165, 1.54) is 85.8 Å². The topological polar surface area (TPSA) is 3.88 Å². The fourth-order valence-electron chi connectivity index (χ4n) is 5.49. The van der Waals surface area contributed by atoms with Gasteiger partial charge in [-0.05, 0) is 54.0 Å². The van der Waals surface area contributed by atoms with E-state index in [0.29, 0.717) is 0 Å². The first kappa shape index (κ1) is 17.5. The largest absolute Gasteiger partial charge is 0.227 e. The van der Waals surface area contributed by atoms with E-state index in [4.69, 9.17) is 0 Å². The van der Waals surface area contributed by atoms with Gasteiger partial charge in [0.25, 0.3) is 0 Å². The number of rotatable bonds is 2. The van der Waals surface area contributed by atoms with Crippen LogP contribution in [-0.4, -0.2) is 0 Å². The van der Waals surface area contributed by atoms with E-state index in [1.54, 1.807) is 0 Å². The molecule has 2 aliphatic rings. The number of aromatic nitrogens is 1. The van der Waals surface area contributed by atoms with Crippen LogP contribution in [0.1, 0.15) is 36.8 Å². The van der Waals surface area contributed by atoms with Crippen LogP contribution in [-0.2, 0) is 13.5 Å². The molecule has 1 nitrogen and oxygen atoms in total. The molecule has 1 aromatic heterocycles. The van der Waals surface area contributed by atoms with Crippen molar-refractivity contribution in [3.8, 4) is 11.3 Å². The van der Waals surface area contributed by atoms with Crippen LogP contribution in [0.15, 0.2) is 64.5 Å². The summed E-state index contributed by atoms with van der Waals surface area (Å²) in [7, 11) is 2.21. The fourth-order valence-corrected chi connectivity index (χ4v) is 6.81. The zero-order chi connectivity index (χ0) is 19.5. The minimum Gasteiger partial charge on any atom is -0.199 e. The van der Waals surface area contributed by atoms with Gasteiger partial charge in [-0.25, -0.2) is 0 Å². The maximum absolute atomic E-state index is 2.49. The SMILES string of the molecule is Cc1ccc2cccc3c2c1-c1c(c2cc(CC4CCCC4)ccc2c[n+]1C)S3. The lowest BCUT2D eigenvalue weighted by Crippen LogP contribution is -2.32. The van der Waals surface area contributed by atoms with Gasteiger partial charge in [-0.1, -0.05) is 67.8 Å². The molecule has 1 aliphatic carbocycles. The smallest absolute Gasteiger partial charge is 0.199 e. The van der Waals surface area contributed by atoms with Crippen molar-refractivity contribution in [2.24, 2.45) is 13.0 Å². The third-order valence-corrected chi connectivity index (χ3v) is 8.10. The van der Waals surface area contributed by atoms with Gasteiger partial charge in [0.2, 0.25) is 5.69 Å². The quantitative estimate of drug-likeness (QED) is 0.291. The van der Waals surface area contributed by atoms with Gasteiger partial charge in [-0.15, -0.1) is 0 Å². The number of fused-ring (bicyclic) bond motifs is 4. The molecule has 3 aromatic carbocycles. The molecule has 2 heterocycles. The van der Waals surface area contributed by atoms with Crippen molar-refractivity contribution in [1.29, 1.82) is 0 Å². The fraction of sp³-hybridized carbons (Fsp3) is 0.296. The zero-order valence-electron chi connectivity index (χ0n) is 17.2. The Morgan fingerprint density at radius 1 is 1.00 bits per heavy atom. The summed E-state index contributed by atoms with van der Waals surface area (Å²) in [5.41, 5.74) is 5.66. The van der Waals surface area contributed by atoms with Crippen molar-refractivity contribution in [3.05, 3.63) is 65.9 Å². The molecule has 0 saturated heterocycles. The lowest BCUT2D eigenvalue weighted by Gasteiger charge is -2.21. The number of hydrogen-bond acceptors (Lipinski definition) is 1. The monoisotopic (exact) mass is 396 g/mol. The van der Waals surface area contributed by atoms with Crippen LogP contribution in [0.2, 0.25) is 0 Å². The van der Waals surface area contributed by atoms with Gasteiger partial charge in [-0.3, -0.25) is 0 Å². The van der Waals surface area contributed by atoms with Crippen LogP contribution >= 0.6 is 11.8 Å². The Labute approximate surface area is 176 Å². The van der Waals surface area contributed by atoms with Gasteiger partial charge in [0.05, 0.1) is 10.5 Å². The first-order chi connectivity index (χ1) is 14.2. The maximum atomic E-state index is 2.49. The molecule has 0 amide bonds. The van der Waals surface area contributed by atoms with Gasteiger partial charge >= 0.3 is 0 Å². The average molecular weight is 397 g/mol. The predicted molar refractivity (Wildman–Crippen MR) is 123 cm³/mol. The minimum atomic E-state index is 0.882.